The molecule has 1 atom stereocenters. The van der Waals surface area contributed by atoms with Crippen molar-refractivity contribution in [2.24, 2.45) is 0 Å². The fourth-order valence-electron chi connectivity index (χ4n) is 2.48. The van der Waals surface area contributed by atoms with Crippen molar-refractivity contribution >= 4 is 5.69 Å². The van der Waals surface area contributed by atoms with Crippen LogP contribution in [0.3, 0.4) is 0 Å². The van der Waals surface area contributed by atoms with Crippen molar-refractivity contribution in [1.82, 2.24) is 4.90 Å². The summed E-state index contributed by atoms with van der Waals surface area (Å²) in [6.07, 6.45) is 1.13. The van der Waals surface area contributed by atoms with Crippen LogP contribution in [0.25, 0.3) is 0 Å². The van der Waals surface area contributed by atoms with E-state index in [1.54, 1.807) is 0 Å². The van der Waals surface area contributed by atoms with Crippen molar-refractivity contribution in [3.05, 3.63) is 23.8 Å². The quantitative estimate of drug-likeness (QED) is 0.686. The van der Waals surface area contributed by atoms with E-state index in [2.05, 4.69) is 42.1 Å². The molecule has 80 valence electrons. The molecule has 0 spiro atoms. The highest BCUT2D eigenvalue weighted by molar-refractivity contribution is 5.68. The number of nitrogens with zero attached hydrogens (tertiary/aromatic N) is 2. The summed E-state index contributed by atoms with van der Waals surface area (Å²) in [4.78, 5) is 4.65. The monoisotopic (exact) mass is 204 g/mol. The van der Waals surface area contributed by atoms with Gasteiger partial charge in [0.2, 0.25) is 0 Å². The molecule has 2 aliphatic heterocycles. The first-order valence-electron chi connectivity index (χ1n) is 5.42. The Kier molecular flexibility index (Phi) is 1.89. The zero-order valence-electron chi connectivity index (χ0n) is 9.23. The van der Waals surface area contributed by atoms with Crippen LogP contribution in [0.2, 0.25) is 0 Å². The molecular formula is C12H16N2O. The van der Waals surface area contributed by atoms with Crippen molar-refractivity contribution in [2.45, 2.75) is 12.5 Å². The van der Waals surface area contributed by atoms with Crippen molar-refractivity contribution < 1.29 is 4.74 Å². The van der Waals surface area contributed by atoms with Crippen LogP contribution in [0.5, 0.6) is 5.75 Å². The molecule has 1 aromatic carbocycles. The fraction of sp³-hybridized carbons (Fsp3) is 0.500. The number of para-hydroxylation sites is 1. The molecule has 0 bridgehead atoms. The molecule has 0 fully saturated rings. The van der Waals surface area contributed by atoms with Gasteiger partial charge in [0.05, 0.1) is 5.69 Å². The van der Waals surface area contributed by atoms with Gasteiger partial charge in [0.1, 0.15) is 5.75 Å². The standard InChI is InChI=1S/C12H16N2O/c1-13(2)10-6-9-4-3-5-11-12(9)14(7-10)8-15-11/h3-5,10H,6-8H2,1-2H3. The fourth-order valence-corrected chi connectivity index (χ4v) is 2.48. The zero-order valence-corrected chi connectivity index (χ0v) is 9.23. The van der Waals surface area contributed by atoms with Gasteiger partial charge in [-0.2, -0.15) is 0 Å². The lowest BCUT2D eigenvalue weighted by molar-refractivity contribution is 0.272. The summed E-state index contributed by atoms with van der Waals surface area (Å²) in [6, 6.07) is 6.98. The minimum Gasteiger partial charge on any atom is -0.471 e. The Labute approximate surface area is 90.2 Å². The number of rotatable bonds is 1. The average Bonchev–Trinajstić information content (AvgIpc) is 2.64. The lowest BCUT2D eigenvalue weighted by atomic mass is 9.97. The van der Waals surface area contributed by atoms with Gasteiger partial charge < -0.3 is 14.5 Å². The lowest BCUT2D eigenvalue weighted by Crippen LogP contribution is -2.44. The van der Waals surface area contributed by atoms with Crippen LogP contribution in [-0.4, -0.2) is 38.3 Å². The molecule has 1 unspecified atom stereocenters. The van der Waals surface area contributed by atoms with Crippen LogP contribution in [-0.2, 0) is 6.42 Å². The normalized spacial score (nSPS) is 22.9. The summed E-state index contributed by atoms with van der Waals surface area (Å²) < 4.78 is 5.66. The van der Waals surface area contributed by atoms with Crippen LogP contribution < -0.4 is 9.64 Å². The van der Waals surface area contributed by atoms with Crippen molar-refractivity contribution in [3.63, 3.8) is 0 Å². The largest absolute Gasteiger partial charge is 0.471 e. The minimum absolute atomic E-state index is 0.606. The molecular weight excluding hydrogens is 188 g/mol. The Hall–Kier alpha value is -1.22. The molecule has 0 aromatic heterocycles. The number of likely N-dealkylation sites (N-methyl/N-ethyl adjacent to an activating group) is 1. The van der Waals surface area contributed by atoms with Crippen LogP contribution in [0.15, 0.2) is 18.2 Å². The Bertz CT molecular complexity index is 389. The van der Waals surface area contributed by atoms with Gasteiger partial charge in [-0.1, -0.05) is 12.1 Å². The SMILES string of the molecule is CN(C)C1Cc2cccc3c2N(CO3)C1. The summed E-state index contributed by atoms with van der Waals surface area (Å²) in [7, 11) is 4.30. The molecule has 0 aliphatic carbocycles. The molecule has 0 N–H and O–H groups in total. The number of ether oxygens (including phenoxy) is 1. The number of anilines is 1. The topological polar surface area (TPSA) is 15.7 Å². The Balaban J connectivity index is 2.02. The van der Waals surface area contributed by atoms with Gasteiger partial charge in [0, 0.05) is 12.6 Å². The van der Waals surface area contributed by atoms with E-state index in [0.29, 0.717) is 6.04 Å². The van der Waals surface area contributed by atoms with Gasteiger partial charge >= 0.3 is 0 Å². The Morgan fingerprint density at radius 2 is 2.27 bits per heavy atom. The Morgan fingerprint density at radius 3 is 3.07 bits per heavy atom. The molecule has 1 aromatic rings. The van der Waals surface area contributed by atoms with Gasteiger partial charge in [0.15, 0.2) is 6.73 Å². The summed E-state index contributed by atoms with van der Waals surface area (Å²) in [5.41, 5.74) is 2.76. The molecule has 3 rings (SSSR count). The first-order valence-corrected chi connectivity index (χ1v) is 5.42. The van der Waals surface area contributed by atoms with Crippen molar-refractivity contribution in [1.29, 1.82) is 0 Å². The predicted molar refractivity (Wildman–Crippen MR) is 60.5 cm³/mol. The van der Waals surface area contributed by atoms with E-state index in [1.165, 1.54) is 11.3 Å². The van der Waals surface area contributed by atoms with E-state index in [1.807, 2.05) is 0 Å². The van der Waals surface area contributed by atoms with Gasteiger partial charge in [-0.25, -0.2) is 0 Å². The summed E-state index contributed by atoms with van der Waals surface area (Å²) in [6.45, 7) is 1.80. The van der Waals surface area contributed by atoms with E-state index in [-0.39, 0.29) is 0 Å². The summed E-state index contributed by atoms with van der Waals surface area (Å²) >= 11 is 0. The van der Waals surface area contributed by atoms with Gasteiger partial charge in [0.25, 0.3) is 0 Å². The highest BCUT2D eigenvalue weighted by atomic mass is 16.5. The van der Waals surface area contributed by atoms with Crippen molar-refractivity contribution in [3.8, 4) is 5.75 Å². The maximum Gasteiger partial charge on any atom is 0.161 e. The number of benzene rings is 1. The predicted octanol–water partition coefficient (Wildman–Crippen LogP) is 1.33. The van der Waals surface area contributed by atoms with Crippen LogP contribution in [0.4, 0.5) is 5.69 Å². The van der Waals surface area contributed by atoms with Crippen LogP contribution in [0.1, 0.15) is 5.56 Å². The second-order valence-electron chi connectivity index (χ2n) is 4.58. The molecule has 2 aliphatic rings. The lowest BCUT2D eigenvalue weighted by Gasteiger charge is -2.34. The molecule has 0 saturated heterocycles. The smallest absolute Gasteiger partial charge is 0.161 e. The molecule has 0 saturated carbocycles. The molecule has 2 heterocycles. The van der Waals surface area contributed by atoms with Gasteiger partial charge in [-0.05, 0) is 32.1 Å². The van der Waals surface area contributed by atoms with E-state index < -0.39 is 0 Å². The summed E-state index contributed by atoms with van der Waals surface area (Å²) in [5, 5.41) is 0. The van der Waals surface area contributed by atoms with Crippen molar-refractivity contribution in [2.75, 3.05) is 32.3 Å². The molecule has 0 amide bonds. The first-order chi connectivity index (χ1) is 7.25. The zero-order chi connectivity index (χ0) is 10.4. The third-order valence-electron chi connectivity index (χ3n) is 3.39. The third kappa shape index (κ3) is 1.30. The van der Waals surface area contributed by atoms with Gasteiger partial charge in [-0.15, -0.1) is 0 Å². The average molecular weight is 204 g/mol. The molecule has 3 nitrogen and oxygen atoms in total. The highest BCUT2D eigenvalue weighted by Gasteiger charge is 2.31. The first kappa shape index (κ1) is 9.04. The molecule has 15 heavy (non-hydrogen) atoms. The number of hydrogen-bond donors (Lipinski definition) is 0. The molecule has 3 heteroatoms. The number of hydrogen-bond acceptors (Lipinski definition) is 3. The van der Waals surface area contributed by atoms with E-state index >= 15 is 0 Å². The second-order valence-corrected chi connectivity index (χ2v) is 4.58. The maximum absolute atomic E-state index is 5.66. The maximum atomic E-state index is 5.66. The highest BCUT2D eigenvalue weighted by Crippen LogP contribution is 2.40. The molecule has 0 radical (unpaired) electrons. The Morgan fingerprint density at radius 1 is 1.40 bits per heavy atom. The summed E-state index contributed by atoms with van der Waals surface area (Å²) in [5.74, 6) is 1.06. The van der Waals surface area contributed by atoms with Crippen LogP contribution >= 0.6 is 0 Å². The third-order valence-corrected chi connectivity index (χ3v) is 3.39. The minimum atomic E-state index is 0.606. The van der Waals surface area contributed by atoms with Crippen LogP contribution in [0, 0.1) is 0 Å². The van der Waals surface area contributed by atoms with Gasteiger partial charge in [-0.3, -0.25) is 0 Å². The van der Waals surface area contributed by atoms with E-state index in [4.69, 9.17) is 4.74 Å². The van der Waals surface area contributed by atoms with E-state index in [9.17, 15) is 0 Å². The van der Waals surface area contributed by atoms with E-state index in [0.717, 1.165) is 25.4 Å². The second kappa shape index (κ2) is 3.14.